The van der Waals surface area contributed by atoms with E-state index in [-0.39, 0.29) is 31.4 Å². The second kappa shape index (κ2) is 7.89. The molecular weight excluding hydrogens is 430 g/mol. The number of amides is 1. The van der Waals surface area contributed by atoms with Crippen LogP contribution in [0.1, 0.15) is 0 Å². The molecule has 1 amide bonds. The van der Waals surface area contributed by atoms with Crippen LogP contribution in [0.5, 0.6) is 17.2 Å². The Kier molecular flexibility index (Phi) is 5.16. The molecule has 1 aromatic heterocycles. The van der Waals surface area contributed by atoms with E-state index in [9.17, 15) is 9.59 Å². The molecule has 2 heterocycles. The number of hydrogen-bond donors (Lipinski definition) is 1. The predicted molar refractivity (Wildman–Crippen MR) is 105 cm³/mol. The smallest absolute Gasteiger partial charge is 0.261 e. The molecule has 0 unspecified atom stereocenters. The highest BCUT2D eigenvalue weighted by Gasteiger charge is 2.13. The van der Waals surface area contributed by atoms with Crippen LogP contribution in [-0.2, 0) is 11.3 Å². The molecule has 0 spiro atoms. The Morgan fingerprint density at radius 1 is 1.21 bits per heavy atom. The fourth-order valence-corrected chi connectivity index (χ4v) is 3.14. The van der Waals surface area contributed by atoms with Crippen LogP contribution in [0, 0.1) is 0 Å². The fourth-order valence-electron chi connectivity index (χ4n) is 2.78. The van der Waals surface area contributed by atoms with Crippen LogP contribution < -0.4 is 25.1 Å². The molecule has 1 N–H and O–H groups in total. The summed E-state index contributed by atoms with van der Waals surface area (Å²) >= 11 is 3.34. The number of nitrogens with zero attached hydrogens (tertiary/aromatic N) is 2. The van der Waals surface area contributed by atoms with Gasteiger partial charge in [-0.15, -0.1) is 0 Å². The van der Waals surface area contributed by atoms with Gasteiger partial charge in [0, 0.05) is 10.5 Å². The lowest BCUT2D eigenvalue weighted by Gasteiger charge is -2.10. The first-order valence-corrected chi connectivity index (χ1v) is 9.33. The van der Waals surface area contributed by atoms with Crippen molar-refractivity contribution >= 4 is 32.7 Å². The minimum atomic E-state index is -0.299. The largest absolute Gasteiger partial charge is 0.492 e. The van der Waals surface area contributed by atoms with E-state index in [1.165, 1.54) is 10.9 Å². The van der Waals surface area contributed by atoms with Crippen molar-refractivity contribution in [1.82, 2.24) is 14.9 Å². The lowest BCUT2D eigenvalue weighted by molar-refractivity contribution is -0.121. The lowest BCUT2D eigenvalue weighted by atomic mass is 10.2. The van der Waals surface area contributed by atoms with Gasteiger partial charge >= 0.3 is 0 Å². The van der Waals surface area contributed by atoms with Gasteiger partial charge in [0.2, 0.25) is 12.7 Å². The number of halogens is 1. The van der Waals surface area contributed by atoms with Crippen molar-refractivity contribution in [2.75, 3.05) is 19.9 Å². The minimum absolute atomic E-state index is 0.113. The first kappa shape index (κ1) is 18.3. The van der Waals surface area contributed by atoms with Crippen molar-refractivity contribution in [3.05, 3.63) is 57.6 Å². The molecule has 0 radical (unpaired) electrons. The Labute approximate surface area is 168 Å². The molecule has 0 bridgehead atoms. The summed E-state index contributed by atoms with van der Waals surface area (Å²) in [6.07, 6.45) is 1.38. The van der Waals surface area contributed by atoms with E-state index < -0.39 is 0 Å². The zero-order chi connectivity index (χ0) is 19.5. The Balaban J connectivity index is 1.30. The number of hydrogen-bond acceptors (Lipinski definition) is 6. The van der Waals surface area contributed by atoms with Crippen molar-refractivity contribution in [2.24, 2.45) is 0 Å². The van der Waals surface area contributed by atoms with Crippen LogP contribution in [0.25, 0.3) is 10.9 Å². The van der Waals surface area contributed by atoms with Gasteiger partial charge in [-0.3, -0.25) is 14.2 Å². The highest BCUT2D eigenvalue weighted by Crippen LogP contribution is 2.34. The van der Waals surface area contributed by atoms with Crippen LogP contribution in [0.2, 0.25) is 0 Å². The van der Waals surface area contributed by atoms with Crippen molar-refractivity contribution in [2.45, 2.75) is 6.54 Å². The van der Waals surface area contributed by atoms with Crippen LogP contribution in [0.4, 0.5) is 0 Å². The zero-order valence-electron chi connectivity index (χ0n) is 14.7. The van der Waals surface area contributed by atoms with Crippen LogP contribution in [-0.4, -0.2) is 35.4 Å². The van der Waals surface area contributed by atoms with Gasteiger partial charge in [-0.25, -0.2) is 4.98 Å². The summed E-state index contributed by atoms with van der Waals surface area (Å²) in [4.78, 5) is 28.8. The summed E-state index contributed by atoms with van der Waals surface area (Å²) in [5.74, 6) is 1.64. The zero-order valence-corrected chi connectivity index (χ0v) is 16.3. The Hall–Kier alpha value is -3.07. The Morgan fingerprint density at radius 3 is 2.96 bits per heavy atom. The van der Waals surface area contributed by atoms with Gasteiger partial charge in [0.15, 0.2) is 11.5 Å². The predicted octanol–water partition coefficient (Wildman–Crippen LogP) is 2.08. The van der Waals surface area contributed by atoms with E-state index in [4.69, 9.17) is 14.2 Å². The second-order valence-corrected chi connectivity index (χ2v) is 6.97. The molecule has 1 aliphatic rings. The summed E-state index contributed by atoms with van der Waals surface area (Å²) < 4.78 is 18.2. The van der Waals surface area contributed by atoms with E-state index in [1.807, 2.05) is 6.07 Å². The van der Waals surface area contributed by atoms with Gasteiger partial charge in [0.05, 0.1) is 23.8 Å². The molecule has 3 aromatic rings. The molecule has 4 rings (SSSR count). The molecule has 1 aliphatic heterocycles. The molecule has 2 aromatic carbocycles. The van der Waals surface area contributed by atoms with E-state index in [1.54, 1.807) is 30.3 Å². The van der Waals surface area contributed by atoms with Crippen LogP contribution >= 0.6 is 15.9 Å². The quantitative estimate of drug-likeness (QED) is 0.584. The van der Waals surface area contributed by atoms with E-state index in [0.29, 0.717) is 34.7 Å². The third-order valence-electron chi connectivity index (χ3n) is 4.14. The Morgan fingerprint density at radius 2 is 2.07 bits per heavy atom. The van der Waals surface area contributed by atoms with Crippen molar-refractivity contribution in [1.29, 1.82) is 0 Å². The number of rotatable bonds is 6. The monoisotopic (exact) mass is 445 g/mol. The maximum absolute atomic E-state index is 12.5. The normalized spacial score (nSPS) is 12.2. The maximum Gasteiger partial charge on any atom is 0.261 e. The summed E-state index contributed by atoms with van der Waals surface area (Å²) in [6.45, 7) is 0.672. The highest BCUT2D eigenvalue weighted by atomic mass is 79.9. The van der Waals surface area contributed by atoms with Gasteiger partial charge < -0.3 is 19.5 Å². The van der Waals surface area contributed by atoms with Crippen LogP contribution in [0.3, 0.4) is 0 Å². The van der Waals surface area contributed by atoms with Crippen molar-refractivity contribution in [3.8, 4) is 17.2 Å². The molecule has 9 heteroatoms. The molecular formula is C19H16BrN3O5. The average Bonchev–Trinajstić information content (AvgIpc) is 3.16. The number of aromatic nitrogens is 2. The molecule has 0 aliphatic carbocycles. The van der Waals surface area contributed by atoms with Gasteiger partial charge in [0.1, 0.15) is 18.9 Å². The van der Waals surface area contributed by atoms with Crippen molar-refractivity contribution < 1.29 is 19.0 Å². The van der Waals surface area contributed by atoms with E-state index >= 15 is 0 Å². The van der Waals surface area contributed by atoms with Crippen molar-refractivity contribution in [3.63, 3.8) is 0 Å². The van der Waals surface area contributed by atoms with Gasteiger partial charge in [-0.05, 0) is 30.3 Å². The molecule has 0 saturated carbocycles. The molecule has 8 nitrogen and oxygen atoms in total. The topological polar surface area (TPSA) is 91.7 Å². The molecule has 28 heavy (non-hydrogen) atoms. The molecule has 0 atom stereocenters. The molecule has 0 fully saturated rings. The number of nitrogens with one attached hydrogen (secondary N) is 1. The standard InChI is InChI=1S/C19H16BrN3O5/c20-12-1-3-15-14(7-12)19(25)23(10-22-15)9-18(24)21-5-6-26-13-2-4-16-17(8-13)28-11-27-16/h1-4,7-8,10H,5-6,9,11H2,(H,21,24). The van der Waals surface area contributed by atoms with E-state index in [0.717, 1.165) is 4.47 Å². The summed E-state index contributed by atoms with van der Waals surface area (Å²) in [6, 6.07) is 10.5. The number of benzene rings is 2. The Bertz CT molecular complexity index is 1100. The highest BCUT2D eigenvalue weighted by molar-refractivity contribution is 9.10. The molecule has 144 valence electrons. The fraction of sp³-hybridized carbons (Fsp3) is 0.211. The number of carbonyl (C=O) groups is 1. The van der Waals surface area contributed by atoms with Gasteiger partial charge in [-0.1, -0.05) is 15.9 Å². The number of fused-ring (bicyclic) bond motifs is 2. The lowest BCUT2D eigenvalue weighted by Crippen LogP contribution is -2.34. The van der Waals surface area contributed by atoms with Gasteiger partial charge in [-0.2, -0.15) is 0 Å². The first-order chi connectivity index (χ1) is 13.6. The second-order valence-electron chi connectivity index (χ2n) is 6.05. The minimum Gasteiger partial charge on any atom is -0.492 e. The third kappa shape index (κ3) is 3.94. The van der Waals surface area contributed by atoms with E-state index in [2.05, 4.69) is 26.2 Å². The number of carbonyl (C=O) groups excluding carboxylic acids is 1. The summed E-state index contributed by atoms with van der Waals surface area (Å²) in [5, 5.41) is 3.18. The van der Waals surface area contributed by atoms with Crippen LogP contribution in [0.15, 0.2) is 52.0 Å². The summed E-state index contributed by atoms with van der Waals surface area (Å²) in [5.41, 5.74) is 0.319. The first-order valence-electron chi connectivity index (χ1n) is 8.54. The third-order valence-corrected chi connectivity index (χ3v) is 4.63. The van der Waals surface area contributed by atoms with Gasteiger partial charge in [0.25, 0.3) is 5.56 Å². The number of ether oxygens (including phenoxy) is 3. The average molecular weight is 446 g/mol. The SMILES string of the molecule is O=C(Cn1cnc2ccc(Br)cc2c1=O)NCCOc1ccc2c(c1)OCO2. The maximum atomic E-state index is 12.5. The summed E-state index contributed by atoms with van der Waals surface area (Å²) in [7, 11) is 0. The molecule has 0 saturated heterocycles.